The van der Waals surface area contributed by atoms with Gasteiger partial charge in [-0.25, -0.2) is 13.4 Å². The summed E-state index contributed by atoms with van der Waals surface area (Å²) in [6.07, 6.45) is 9.81. The van der Waals surface area contributed by atoms with E-state index in [1.165, 1.54) is 4.31 Å². The first-order valence-electron chi connectivity index (χ1n) is 10.9. The van der Waals surface area contributed by atoms with Gasteiger partial charge in [0.2, 0.25) is 15.9 Å². The van der Waals surface area contributed by atoms with E-state index in [2.05, 4.69) is 17.1 Å². The fourth-order valence-corrected chi connectivity index (χ4v) is 5.79. The molecule has 1 aliphatic carbocycles. The monoisotopic (exact) mass is 434 g/mol. The van der Waals surface area contributed by atoms with Crippen LogP contribution in [0.2, 0.25) is 0 Å². The third kappa shape index (κ3) is 4.23. The molecule has 1 amide bonds. The second kappa shape index (κ2) is 8.63. The molecule has 1 saturated heterocycles. The number of aromatic nitrogens is 2. The van der Waals surface area contributed by atoms with E-state index in [1.807, 2.05) is 4.90 Å². The minimum atomic E-state index is -3.34. The molecule has 3 heterocycles. The molecule has 0 unspecified atom stereocenters. The van der Waals surface area contributed by atoms with Gasteiger partial charge in [-0.2, -0.15) is 4.31 Å². The molecule has 8 nitrogen and oxygen atoms in total. The van der Waals surface area contributed by atoms with E-state index < -0.39 is 10.0 Å². The highest BCUT2D eigenvalue weighted by molar-refractivity contribution is 7.89. The van der Waals surface area contributed by atoms with E-state index in [0.717, 1.165) is 32.1 Å². The molecule has 1 fully saturated rings. The first-order valence-corrected chi connectivity index (χ1v) is 12.6. The molecule has 4 rings (SSSR count). The van der Waals surface area contributed by atoms with Gasteiger partial charge in [0, 0.05) is 25.1 Å². The number of fused-ring (bicyclic) bond motifs is 1. The maximum Gasteiger partial charge on any atom is 0.254 e. The normalized spacial score (nSPS) is 24.8. The Morgan fingerprint density at radius 2 is 2.10 bits per heavy atom. The van der Waals surface area contributed by atoms with Gasteiger partial charge in [-0.05, 0) is 51.4 Å². The summed E-state index contributed by atoms with van der Waals surface area (Å²) in [6, 6.07) is -0.257. The molecule has 0 bridgehead atoms. The lowest BCUT2D eigenvalue weighted by Gasteiger charge is -2.36. The number of hydrogen-bond acceptors (Lipinski definition) is 5. The standard InChI is InChI=1S/C21H30N4O4S/c1-2-30(28,29)24-12-10-16-17(14-24)22-20(23-21(16)27)18-9-5-6-11-25(18)19(26)13-15-7-3-4-8-15/h3,7,15,18H,2,4-6,8-14H2,1H3,(H,22,23,27)/t15-,18-/m1/s1. The van der Waals surface area contributed by atoms with Crippen LogP contribution in [0.4, 0.5) is 0 Å². The van der Waals surface area contributed by atoms with Gasteiger partial charge in [0.25, 0.3) is 5.56 Å². The van der Waals surface area contributed by atoms with Crippen LogP contribution in [-0.4, -0.2) is 52.3 Å². The van der Waals surface area contributed by atoms with Crippen LogP contribution in [0.25, 0.3) is 0 Å². The van der Waals surface area contributed by atoms with Gasteiger partial charge >= 0.3 is 0 Å². The van der Waals surface area contributed by atoms with Crippen molar-refractivity contribution in [2.75, 3.05) is 18.8 Å². The SMILES string of the molecule is CCS(=O)(=O)N1CCc2c(nc([C@H]3CCCCN3C(=O)C[C@@H]3C=CCC3)[nH]c2=O)C1. The fourth-order valence-electron chi connectivity index (χ4n) is 4.73. The highest BCUT2D eigenvalue weighted by atomic mass is 32.2. The third-order valence-electron chi connectivity index (χ3n) is 6.50. The molecule has 0 spiro atoms. The van der Waals surface area contributed by atoms with E-state index in [9.17, 15) is 18.0 Å². The van der Waals surface area contributed by atoms with Crippen LogP contribution in [0.15, 0.2) is 16.9 Å². The Morgan fingerprint density at radius 3 is 2.83 bits per heavy atom. The average molecular weight is 435 g/mol. The van der Waals surface area contributed by atoms with Gasteiger partial charge in [0.15, 0.2) is 0 Å². The van der Waals surface area contributed by atoms with Crippen LogP contribution in [0.5, 0.6) is 0 Å². The quantitative estimate of drug-likeness (QED) is 0.713. The minimum Gasteiger partial charge on any atom is -0.332 e. The predicted molar refractivity (Wildman–Crippen MR) is 113 cm³/mol. The molecule has 9 heteroatoms. The largest absolute Gasteiger partial charge is 0.332 e. The molecule has 30 heavy (non-hydrogen) atoms. The first kappa shape index (κ1) is 21.2. The molecule has 0 saturated carbocycles. The van der Waals surface area contributed by atoms with Crippen molar-refractivity contribution >= 4 is 15.9 Å². The van der Waals surface area contributed by atoms with Crippen molar-refractivity contribution in [1.29, 1.82) is 0 Å². The lowest BCUT2D eigenvalue weighted by Crippen LogP contribution is -2.43. The summed E-state index contributed by atoms with van der Waals surface area (Å²) in [5.74, 6) is 0.915. The molecule has 3 aliphatic rings. The topological polar surface area (TPSA) is 103 Å². The Bertz CT molecular complexity index is 1000. The molecule has 2 aliphatic heterocycles. The summed E-state index contributed by atoms with van der Waals surface area (Å²) < 4.78 is 26.0. The molecular weight excluding hydrogens is 404 g/mol. The molecule has 1 aromatic heterocycles. The maximum atomic E-state index is 13.0. The summed E-state index contributed by atoms with van der Waals surface area (Å²) in [6.45, 7) is 2.70. The number of sulfonamides is 1. The van der Waals surface area contributed by atoms with E-state index in [4.69, 9.17) is 4.98 Å². The van der Waals surface area contributed by atoms with Crippen molar-refractivity contribution < 1.29 is 13.2 Å². The third-order valence-corrected chi connectivity index (χ3v) is 8.33. The zero-order valence-electron chi connectivity index (χ0n) is 17.5. The lowest BCUT2D eigenvalue weighted by atomic mass is 9.98. The fraction of sp³-hybridized carbons (Fsp3) is 0.667. The second-order valence-electron chi connectivity index (χ2n) is 8.43. The first-order chi connectivity index (χ1) is 14.4. The number of H-pyrrole nitrogens is 1. The molecule has 0 radical (unpaired) electrons. The number of rotatable bonds is 5. The van der Waals surface area contributed by atoms with Crippen LogP contribution in [0, 0.1) is 5.92 Å². The predicted octanol–water partition coefficient (Wildman–Crippen LogP) is 1.89. The van der Waals surface area contributed by atoms with E-state index in [0.29, 0.717) is 48.9 Å². The van der Waals surface area contributed by atoms with Gasteiger partial charge < -0.3 is 9.88 Å². The van der Waals surface area contributed by atoms with Crippen molar-refractivity contribution in [2.24, 2.45) is 5.92 Å². The zero-order valence-corrected chi connectivity index (χ0v) is 18.3. The number of aromatic amines is 1. The van der Waals surface area contributed by atoms with E-state index >= 15 is 0 Å². The summed E-state index contributed by atoms with van der Waals surface area (Å²) in [5, 5.41) is 0. The van der Waals surface area contributed by atoms with E-state index in [-0.39, 0.29) is 29.8 Å². The Labute approximate surface area is 177 Å². The smallest absolute Gasteiger partial charge is 0.254 e. The summed E-state index contributed by atoms with van der Waals surface area (Å²) >= 11 is 0. The Kier molecular flexibility index (Phi) is 6.11. The van der Waals surface area contributed by atoms with Crippen molar-refractivity contribution in [3.63, 3.8) is 0 Å². The van der Waals surface area contributed by atoms with Crippen LogP contribution in [0.3, 0.4) is 0 Å². The van der Waals surface area contributed by atoms with Crippen molar-refractivity contribution in [2.45, 2.75) is 64.5 Å². The molecular formula is C21H30N4O4S. The van der Waals surface area contributed by atoms with Gasteiger partial charge in [-0.15, -0.1) is 0 Å². The Morgan fingerprint density at radius 1 is 1.27 bits per heavy atom. The van der Waals surface area contributed by atoms with Crippen LogP contribution >= 0.6 is 0 Å². The molecule has 1 aromatic rings. The Balaban J connectivity index is 1.60. The number of allylic oxidation sites excluding steroid dienone is 2. The molecule has 2 atom stereocenters. The molecule has 0 aromatic carbocycles. The number of nitrogens with one attached hydrogen (secondary N) is 1. The number of carbonyl (C=O) groups is 1. The number of likely N-dealkylation sites (tertiary alicyclic amines) is 1. The van der Waals surface area contributed by atoms with Crippen molar-refractivity contribution in [3.05, 3.63) is 39.6 Å². The van der Waals surface area contributed by atoms with Crippen LogP contribution < -0.4 is 5.56 Å². The number of piperidine rings is 1. The average Bonchev–Trinajstić information content (AvgIpc) is 3.26. The number of carbonyl (C=O) groups excluding carboxylic acids is 1. The zero-order chi connectivity index (χ0) is 21.3. The van der Waals surface area contributed by atoms with Gasteiger partial charge in [-0.3, -0.25) is 9.59 Å². The summed E-state index contributed by atoms with van der Waals surface area (Å²) in [4.78, 5) is 35.2. The Hall–Kier alpha value is -2.00. The van der Waals surface area contributed by atoms with Crippen molar-refractivity contribution in [3.8, 4) is 0 Å². The highest BCUT2D eigenvalue weighted by Crippen LogP contribution is 2.32. The summed E-state index contributed by atoms with van der Waals surface area (Å²) in [5.41, 5.74) is 0.875. The van der Waals surface area contributed by atoms with Gasteiger partial charge in [0.05, 0.1) is 24.0 Å². The maximum absolute atomic E-state index is 13.0. The summed E-state index contributed by atoms with van der Waals surface area (Å²) in [7, 11) is -3.34. The lowest BCUT2D eigenvalue weighted by molar-refractivity contribution is -0.136. The van der Waals surface area contributed by atoms with Gasteiger partial charge in [0.1, 0.15) is 5.82 Å². The number of amides is 1. The minimum absolute atomic E-state index is 0.0267. The second-order valence-corrected chi connectivity index (χ2v) is 10.7. The molecule has 1 N–H and O–H groups in total. The van der Waals surface area contributed by atoms with Crippen molar-refractivity contribution in [1.82, 2.24) is 19.2 Å². The number of hydrogen-bond donors (Lipinski definition) is 1. The highest BCUT2D eigenvalue weighted by Gasteiger charge is 2.33. The van der Waals surface area contributed by atoms with Crippen LogP contribution in [0.1, 0.15) is 68.6 Å². The number of nitrogens with zero attached hydrogens (tertiary/aromatic N) is 3. The van der Waals surface area contributed by atoms with Crippen LogP contribution in [-0.2, 0) is 27.8 Å². The molecule has 164 valence electrons. The van der Waals surface area contributed by atoms with E-state index in [1.54, 1.807) is 6.92 Å². The van der Waals surface area contributed by atoms with Gasteiger partial charge in [-0.1, -0.05) is 12.2 Å².